The summed E-state index contributed by atoms with van der Waals surface area (Å²) in [6.07, 6.45) is 1.40. The molecule has 0 aliphatic carbocycles. The second kappa shape index (κ2) is 11.2. The van der Waals surface area contributed by atoms with Crippen LogP contribution in [0.2, 0.25) is 30.7 Å². The number of hydrogen-bond donors (Lipinski definition) is 0. The Bertz CT molecular complexity index is 1280. The Kier molecular flexibility index (Phi) is 8.83. The largest absolute Gasteiger partial charge is 0.444 e. The van der Waals surface area contributed by atoms with Crippen molar-refractivity contribution in [1.29, 1.82) is 5.26 Å². The monoisotopic (exact) mass is 560 g/mol. The maximum atomic E-state index is 13.2. The number of nitrogens with zero attached hydrogens (tertiary/aromatic N) is 2. The molecule has 0 spiro atoms. The van der Waals surface area contributed by atoms with E-state index in [1.54, 1.807) is 17.0 Å². The Hall–Kier alpha value is -2.34. The minimum Gasteiger partial charge on any atom is -0.444 e. The van der Waals surface area contributed by atoms with Gasteiger partial charge < -0.3 is 9.64 Å². The molecule has 200 valence electrons. The van der Waals surface area contributed by atoms with Crippen molar-refractivity contribution in [2.24, 2.45) is 0 Å². The van der Waals surface area contributed by atoms with E-state index in [1.807, 2.05) is 45.0 Å². The topological polar surface area (TPSA) is 87.5 Å². The van der Waals surface area contributed by atoms with E-state index in [9.17, 15) is 18.5 Å². The molecule has 3 rings (SSSR count). The summed E-state index contributed by atoms with van der Waals surface area (Å²) in [5, 5.41) is 10.1. The van der Waals surface area contributed by atoms with E-state index in [4.69, 9.17) is 16.3 Å². The van der Waals surface area contributed by atoms with Crippen molar-refractivity contribution in [2.45, 2.75) is 75.7 Å². The number of carbonyl (C=O) groups excluding carboxylic acids is 1. The van der Waals surface area contributed by atoms with Crippen LogP contribution in [0, 0.1) is 11.3 Å². The van der Waals surface area contributed by atoms with Crippen molar-refractivity contribution < 1.29 is 17.9 Å². The van der Waals surface area contributed by atoms with Gasteiger partial charge in [-0.15, -0.1) is 0 Å². The fourth-order valence-corrected chi connectivity index (χ4v) is 9.48. The van der Waals surface area contributed by atoms with Crippen LogP contribution in [0.5, 0.6) is 0 Å². The third kappa shape index (κ3) is 7.59. The lowest BCUT2D eigenvalue weighted by atomic mass is 9.88. The van der Waals surface area contributed by atoms with Crippen LogP contribution in [0.15, 0.2) is 41.3 Å². The number of ether oxygens (including phenoxy) is 1. The molecule has 6 nitrogen and oxygen atoms in total. The van der Waals surface area contributed by atoms with E-state index < -0.39 is 23.5 Å². The third-order valence-corrected chi connectivity index (χ3v) is 10.8. The van der Waals surface area contributed by atoms with E-state index >= 15 is 0 Å². The highest BCUT2D eigenvalue weighted by Crippen LogP contribution is 2.36. The summed E-state index contributed by atoms with van der Waals surface area (Å²) in [6, 6.07) is 13.9. The van der Waals surface area contributed by atoms with Crippen LogP contribution in [-0.4, -0.2) is 51.9 Å². The SMILES string of the molecule is CC(C)(C)OC(=O)N1CCC(c2ccc(-c3ccc(Cl)c(S(=O)(=O)CC[Si](C)(C)C)c3C#N)cc2)CC1. The van der Waals surface area contributed by atoms with Gasteiger partial charge in [-0.1, -0.05) is 61.6 Å². The molecule has 1 aliphatic rings. The summed E-state index contributed by atoms with van der Waals surface area (Å²) < 4.78 is 31.9. The molecule has 0 N–H and O–H groups in total. The van der Waals surface area contributed by atoms with E-state index in [0.717, 1.165) is 24.0 Å². The molecule has 0 unspecified atom stereocenters. The van der Waals surface area contributed by atoms with Crippen LogP contribution in [0.3, 0.4) is 0 Å². The molecule has 2 aromatic rings. The molecule has 1 fully saturated rings. The first-order valence-corrected chi connectivity index (χ1v) is 18.4. The van der Waals surface area contributed by atoms with Gasteiger partial charge in [0.05, 0.1) is 16.3 Å². The summed E-state index contributed by atoms with van der Waals surface area (Å²) in [4.78, 5) is 14.1. The van der Waals surface area contributed by atoms with Crippen LogP contribution in [0.4, 0.5) is 4.79 Å². The number of carbonyl (C=O) groups is 1. The molecule has 0 bridgehead atoms. The van der Waals surface area contributed by atoms with Gasteiger partial charge >= 0.3 is 6.09 Å². The number of piperidine rings is 1. The average molecular weight is 561 g/mol. The number of likely N-dealkylation sites (tertiary alicyclic amines) is 1. The molecule has 0 atom stereocenters. The van der Waals surface area contributed by atoms with Gasteiger partial charge in [0.25, 0.3) is 0 Å². The van der Waals surface area contributed by atoms with E-state index in [-0.39, 0.29) is 27.3 Å². The van der Waals surface area contributed by atoms with Gasteiger partial charge in [-0.3, -0.25) is 0 Å². The smallest absolute Gasteiger partial charge is 0.410 e. The molecular weight excluding hydrogens is 524 g/mol. The molecule has 2 aromatic carbocycles. The second-order valence-electron chi connectivity index (χ2n) is 11.9. The molecule has 0 saturated carbocycles. The van der Waals surface area contributed by atoms with Gasteiger partial charge in [-0.2, -0.15) is 5.26 Å². The van der Waals surface area contributed by atoms with Crippen molar-refractivity contribution in [2.75, 3.05) is 18.8 Å². The fraction of sp³-hybridized carbons (Fsp3) is 0.500. The highest BCUT2D eigenvalue weighted by Gasteiger charge is 2.29. The van der Waals surface area contributed by atoms with Gasteiger partial charge in [0, 0.05) is 26.7 Å². The normalized spacial score (nSPS) is 15.4. The highest BCUT2D eigenvalue weighted by atomic mass is 35.5. The molecule has 1 aliphatic heterocycles. The summed E-state index contributed by atoms with van der Waals surface area (Å²) in [5.74, 6) is 0.299. The van der Waals surface area contributed by atoms with Gasteiger partial charge in [0.15, 0.2) is 9.84 Å². The van der Waals surface area contributed by atoms with Gasteiger partial charge in [-0.25, -0.2) is 13.2 Å². The van der Waals surface area contributed by atoms with Crippen LogP contribution in [0.1, 0.15) is 50.7 Å². The lowest BCUT2D eigenvalue weighted by Crippen LogP contribution is -2.41. The zero-order chi connectivity index (χ0) is 27.6. The Morgan fingerprint density at radius 3 is 2.22 bits per heavy atom. The predicted molar refractivity (Wildman–Crippen MR) is 152 cm³/mol. The third-order valence-electron chi connectivity index (χ3n) is 6.49. The molecule has 9 heteroatoms. The zero-order valence-corrected chi connectivity index (χ0v) is 25.2. The quantitative estimate of drug-likeness (QED) is 0.351. The molecular formula is C28H37ClN2O4SSi. The molecule has 0 aromatic heterocycles. The van der Waals surface area contributed by atoms with Crippen molar-refractivity contribution >= 4 is 35.6 Å². The fourth-order valence-electron chi connectivity index (χ4n) is 4.41. The van der Waals surface area contributed by atoms with Gasteiger partial charge in [0.2, 0.25) is 0 Å². The van der Waals surface area contributed by atoms with Crippen LogP contribution >= 0.6 is 11.6 Å². The number of halogens is 1. The number of sulfone groups is 1. The molecule has 1 amide bonds. The van der Waals surface area contributed by atoms with Crippen molar-refractivity contribution in [3.63, 3.8) is 0 Å². The molecule has 1 saturated heterocycles. The number of hydrogen-bond acceptors (Lipinski definition) is 5. The Labute approximate surface area is 227 Å². The Balaban J connectivity index is 1.80. The standard InChI is InChI=1S/C28H37ClN2O4SSi/c1-28(2,3)35-27(32)31-15-13-21(14-16-31)20-7-9-22(10-8-20)23-11-12-25(29)26(24(23)19-30)36(33,34)17-18-37(4,5)6/h7-12,21H,13-18H2,1-6H3. The first-order chi connectivity index (χ1) is 17.1. The van der Waals surface area contributed by atoms with E-state index in [1.165, 1.54) is 0 Å². The lowest BCUT2D eigenvalue weighted by molar-refractivity contribution is 0.0205. The average Bonchev–Trinajstić information content (AvgIpc) is 2.81. The maximum Gasteiger partial charge on any atom is 0.410 e. The molecule has 37 heavy (non-hydrogen) atoms. The summed E-state index contributed by atoms with van der Waals surface area (Å²) in [7, 11) is -5.31. The van der Waals surface area contributed by atoms with Crippen molar-refractivity contribution in [3.8, 4) is 17.2 Å². The Morgan fingerprint density at radius 2 is 1.70 bits per heavy atom. The summed E-state index contributed by atoms with van der Waals surface area (Å²) in [6.45, 7) is 13.2. The number of benzene rings is 2. The van der Waals surface area contributed by atoms with Crippen LogP contribution in [-0.2, 0) is 14.6 Å². The minimum absolute atomic E-state index is 0.0124. The van der Waals surface area contributed by atoms with Gasteiger partial charge in [0.1, 0.15) is 16.6 Å². The van der Waals surface area contributed by atoms with Gasteiger partial charge in [-0.05, 0) is 62.8 Å². The number of amides is 1. The van der Waals surface area contributed by atoms with Crippen molar-refractivity contribution in [3.05, 3.63) is 52.5 Å². The summed E-state index contributed by atoms with van der Waals surface area (Å²) in [5.41, 5.74) is 2.07. The first kappa shape index (κ1) is 29.2. The Morgan fingerprint density at radius 1 is 1.11 bits per heavy atom. The minimum atomic E-state index is -3.71. The van der Waals surface area contributed by atoms with E-state index in [0.29, 0.717) is 30.6 Å². The predicted octanol–water partition coefficient (Wildman–Crippen LogP) is 7.11. The lowest BCUT2D eigenvalue weighted by Gasteiger charge is -2.33. The molecule has 0 radical (unpaired) electrons. The van der Waals surface area contributed by atoms with E-state index in [2.05, 4.69) is 25.7 Å². The summed E-state index contributed by atoms with van der Waals surface area (Å²) >= 11 is 6.34. The number of nitriles is 1. The molecule has 1 heterocycles. The van der Waals surface area contributed by atoms with Crippen molar-refractivity contribution in [1.82, 2.24) is 4.90 Å². The number of rotatable bonds is 6. The van der Waals surface area contributed by atoms with Crippen LogP contribution < -0.4 is 0 Å². The maximum absolute atomic E-state index is 13.2. The second-order valence-corrected chi connectivity index (χ2v) is 20.0. The first-order valence-electron chi connectivity index (χ1n) is 12.6. The zero-order valence-electron chi connectivity index (χ0n) is 22.6. The van der Waals surface area contributed by atoms with Crippen LogP contribution in [0.25, 0.3) is 11.1 Å². The highest BCUT2D eigenvalue weighted by molar-refractivity contribution is 7.91.